The molecule has 0 saturated carbocycles. The molecular weight excluding hydrogens is 240 g/mol. The van der Waals surface area contributed by atoms with Gasteiger partial charge in [-0.15, -0.1) is 11.3 Å². The van der Waals surface area contributed by atoms with E-state index in [0.717, 1.165) is 13.1 Å². The number of hydrogen-bond donors (Lipinski definition) is 1. The lowest BCUT2D eigenvalue weighted by Gasteiger charge is -2.32. The van der Waals surface area contributed by atoms with Gasteiger partial charge >= 0.3 is 0 Å². The standard InChI is InChI=1S/C15H26N2S/c1-3-4-5-8-16-11-13(2)17-9-6-15-14(12-17)7-10-18-15/h7,10,13,16H,3-6,8-9,11-12H2,1-2H3. The van der Waals surface area contributed by atoms with Crippen LogP contribution in [0.4, 0.5) is 0 Å². The Bertz CT molecular complexity index is 348. The molecule has 1 aliphatic heterocycles. The third kappa shape index (κ3) is 3.81. The number of hydrogen-bond acceptors (Lipinski definition) is 3. The van der Waals surface area contributed by atoms with Crippen molar-refractivity contribution in [2.45, 2.75) is 52.1 Å². The first kappa shape index (κ1) is 14.0. The highest BCUT2D eigenvalue weighted by atomic mass is 32.1. The zero-order chi connectivity index (χ0) is 12.8. The largest absolute Gasteiger partial charge is 0.315 e. The molecule has 0 saturated heterocycles. The quantitative estimate of drug-likeness (QED) is 0.762. The van der Waals surface area contributed by atoms with Crippen LogP contribution in [0.5, 0.6) is 0 Å². The number of nitrogens with one attached hydrogen (secondary N) is 1. The Labute approximate surface area is 115 Å². The Morgan fingerprint density at radius 2 is 2.33 bits per heavy atom. The third-order valence-electron chi connectivity index (χ3n) is 3.86. The topological polar surface area (TPSA) is 15.3 Å². The maximum atomic E-state index is 3.60. The molecule has 3 heteroatoms. The van der Waals surface area contributed by atoms with Gasteiger partial charge in [0.25, 0.3) is 0 Å². The third-order valence-corrected chi connectivity index (χ3v) is 4.88. The average molecular weight is 266 g/mol. The summed E-state index contributed by atoms with van der Waals surface area (Å²) in [7, 11) is 0. The summed E-state index contributed by atoms with van der Waals surface area (Å²) in [6.45, 7) is 9.29. The normalized spacial score (nSPS) is 17.7. The van der Waals surface area contributed by atoms with Crippen LogP contribution >= 0.6 is 11.3 Å². The molecule has 2 heterocycles. The summed E-state index contributed by atoms with van der Waals surface area (Å²) < 4.78 is 0. The molecule has 0 radical (unpaired) electrons. The van der Waals surface area contributed by atoms with Crippen molar-refractivity contribution in [2.75, 3.05) is 19.6 Å². The van der Waals surface area contributed by atoms with Crippen LogP contribution in [0.1, 0.15) is 43.6 Å². The zero-order valence-electron chi connectivity index (χ0n) is 11.7. The van der Waals surface area contributed by atoms with Crippen LogP contribution in [0.25, 0.3) is 0 Å². The van der Waals surface area contributed by atoms with Crippen molar-refractivity contribution in [1.29, 1.82) is 0 Å². The van der Waals surface area contributed by atoms with Gasteiger partial charge in [-0.1, -0.05) is 19.8 Å². The Hall–Kier alpha value is -0.380. The Balaban J connectivity index is 1.69. The summed E-state index contributed by atoms with van der Waals surface area (Å²) in [4.78, 5) is 4.22. The number of fused-ring (bicyclic) bond motifs is 1. The van der Waals surface area contributed by atoms with E-state index in [4.69, 9.17) is 0 Å². The zero-order valence-corrected chi connectivity index (χ0v) is 12.6. The van der Waals surface area contributed by atoms with E-state index in [-0.39, 0.29) is 0 Å². The maximum absolute atomic E-state index is 3.60. The van der Waals surface area contributed by atoms with E-state index in [1.165, 1.54) is 38.8 Å². The first-order chi connectivity index (χ1) is 8.81. The second-order valence-corrected chi connectivity index (χ2v) is 6.35. The molecule has 1 aromatic heterocycles. The molecule has 1 unspecified atom stereocenters. The number of rotatable bonds is 7. The van der Waals surface area contributed by atoms with E-state index >= 15 is 0 Å². The van der Waals surface area contributed by atoms with Crippen molar-refractivity contribution in [3.63, 3.8) is 0 Å². The van der Waals surface area contributed by atoms with Gasteiger partial charge in [0.15, 0.2) is 0 Å². The molecule has 1 N–H and O–H groups in total. The minimum absolute atomic E-state index is 0.652. The van der Waals surface area contributed by atoms with E-state index in [9.17, 15) is 0 Å². The van der Waals surface area contributed by atoms with E-state index in [2.05, 4.69) is 35.5 Å². The molecule has 2 rings (SSSR count). The highest BCUT2D eigenvalue weighted by molar-refractivity contribution is 7.10. The van der Waals surface area contributed by atoms with Crippen LogP contribution in [-0.4, -0.2) is 30.6 Å². The van der Waals surface area contributed by atoms with Gasteiger partial charge in [0.2, 0.25) is 0 Å². The van der Waals surface area contributed by atoms with E-state index in [1.54, 1.807) is 10.4 Å². The van der Waals surface area contributed by atoms with Gasteiger partial charge in [-0.2, -0.15) is 0 Å². The van der Waals surface area contributed by atoms with E-state index in [0.29, 0.717) is 6.04 Å². The van der Waals surface area contributed by atoms with Crippen molar-refractivity contribution < 1.29 is 0 Å². The molecule has 1 aromatic rings. The smallest absolute Gasteiger partial charge is 0.0248 e. The summed E-state index contributed by atoms with van der Waals surface area (Å²) in [5.41, 5.74) is 1.56. The summed E-state index contributed by atoms with van der Waals surface area (Å²) >= 11 is 1.92. The molecule has 18 heavy (non-hydrogen) atoms. The molecule has 0 aromatic carbocycles. The lowest BCUT2D eigenvalue weighted by Crippen LogP contribution is -2.42. The van der Waals surface area contributed by atoms with E-state index in [1.807, 2.05) is 11.3 Å². The molecule has 0 spiro atoms. The first-order valence-corrected chi connectivity index (χ1v) is 8.19. The highest BCUT2D eigenvalue weighted by Gasteiger charge is 2.20. The number of unbranched alkanes of at least 4 members (excludes halogenated alkanes) is 2. The molecule has 2 nitrogen and oxygen atoms in total. The Morgan fingerprint density at radius 1 is 1.44 bits per heavy atom. The fourth-order valence-electron chi connectivity index (χ4n) is 2.59. The SMILES string of the molecule is CCCCCNCC(C)N1CCc2sccc2C1. The second-order valence-electron chi connectivity index (χ2n) is 5.35. The fourth-order valence-corrected chi connectivity index (χ4v) is 3.48. The van der Waals surface area contributed by atoms with Crippen LogP contribution in [0.3, 0.4) is 0 Å². The Kier molecular flexibility index (Phi) is 5.67. The lowest BCUT2D eigenvalue weighted by atomic mass is 10.1. The molecule has 102 valence electrons. The summed E-state index contributed by atoms with van der Waals surface area (Å²) in [5.74, 6) is 0. The predicted molar refractivity (Wildman–Crippen MR) is 80.3 cm³/mol. The van der Waals surface area contributed by atoms with Gasteiger partial charge in [-0.05, 0) is 43.3 Å². The first-order valence-electron chi connectivity index (χ1n) is 7.31. The van der Waals surface area contributed by atoms with Crippen molar-refractivity contribution in [3.05, 3.63) is 21.9 Å². The van der Waals surface area contributed by atoms with Crippen LogP contribution in [0.15, 0.2) is 11.4 Å². The van der Waals surface area contributed by atoms with Crippen LogP contribution < -0.4 is 5.32 Å². The van der Waals surface area contributed by atoms with Crippen molar-refractivity contribution >= 4 is 11.3 Å². The molecule has 0 amide bonds. The molecule has 0 aliphatic carbocycles. The number of nitrogens with zero attached hydrogens (tertiary/aromatic N) is 1. The Morgan fingerprint density at radius 3 is 3.17 bits per heavy atom. The average Bonchev–Trinajstić information content (AvgIpc) is 2.85. The van der Waals surface area contributed by atoms with Crippen LogP contribution in [-0.2, 0) is 13.0 Å². The lowest BCUT2D eigenvalue weighted by molar-refractivity contribution is 0.188. The van der Waals surface area contributed by atoms with Crippen molar-refractivity contribution in [1.82, 2.24) is 10.2 Å². The van der Waals surface area contributed by atoms with Crippen LogP contribution in [0, 0.1) is 0 Å². The minimum atomic E-state index is 0.652. The molecule has 0 fully saturated rings. The van der Waals surface area contributed by atoms with Crippen molar-refractivity contribution in [2.24, 2.45) is 0 Å². The van der Waals surface area contributed by atoms with Gasteiger partial charge in [0.05, 0.1) is 0 Å². The summed E-state index contributed by atoms with van der Waals surface area (Å²) in [6, 6.07) is 2.95. The predicted octanol–water partition coefficient (Wildman–Crippen LogP) is 3.27. The minimum Gasteiger partial charge on any atom is -0.315 e. The summed E-state index contributed by atoms with van der Waals surface area (Å²) in [6.07, 6.45) is 5.22. The van der Waals surface area contributed by atoms with Gasteiger partial charge < -0.3 is 5.32 Å². The summed E-state index contributed by atoms with van der Waals surface area (Å²) in [5, 5.41) is 5.83. The van der Waals surface area contributed by atoms with E-state index < -0.39 is 0 Å². The highest BCUT2D eigenvalue weighted by Crippen LogP contribution is 2.24. The molecule has 1 atom stereocenters. The monoisotopic (exact) mass is 266 g/mol. The molecule has 0 bridgehead atoms. The van der Waals surface area contributed by atoms with Gasteiger partial charge in [0.1, 0.15) is 0 Å². The molecular formula is C15H26N2S. The number of thiophene rings is 1. The van der Waals surface area contributed by atoms with Gasteiger partial charge in [-0.3, -0.25) is 4.90 Å². The second kappa shape index (κ2) is 7.27. The fraction of sp³-hybridized carbons (Fsp3) is 0.733. The van der Waals surface area contributed by atoms with Crippen LogP contribution in [0.2, 0.25) is 0 Å². The molecule has 1 aliphatic rings. The van der Waals surface area contributed by atoms with Gasteiger partial charge in [0, 0.05) is 30.6 Å². The maximum Gasteiger partial charge on any atom is 0.0248 e. The van der Waals surface area contributed by atoms with Gasteiger partial charge in [-0.25, -0.2) is 0 Å². The van der Waals surface area contributed by atoms with Crippen molar-refractivity contribution in [3.8, 4) is 0 Å².